The first-order chi connectivity index (χ1) is 42.0. The van der Waals surface area contributed by atoms with Gasteiger partial charge in [-0.25, -0.2) is 4.57 Å². The summed E-state index contributed by atoms with van der Waals surface area (Å²) in [6.07, 6.45) is 97.0. The molecule has 86 heavy (non-hydrogen) atoms. The first-order valence-electron chi connectivity index (χ1n) is 36.6. The zero-order chi connectivity index (χ0) is 62.6. The lowest BCUT2D eigenvalue weighted by atomic mass is 10.0. The molecule has 0 rings (SSSR count). The highest BCUT2D eigenvalue weighted by Gasteiger charge is 2.28. The first kappa shape index (κ1) is 83.4. The van der Waals surface area contributed by atoms with Crippen LogP contribution in [0.3, 0.4) is 0 Å². The highest BCUT2D eigenvalue weighted by Crippen LogP contribution is 2.43. The normalized spacial score (nSPS) is 14.2. The molecule has 3 unspecified atom stereocenters. The lowest BCUT2D eigenvalue weighted by Gasteiger charge is -2.25. The van der Waals surface area contributed by atoms with E-state index in [2.05, 4.69) is 104 Å². The molecule has 0 aliphatic rings. The maximum atomic E-state index is 13.1. The molecule has 8 nitrogen and oxygen atoms in total. The fourth-order valence-corrected chi connectivity index (χ4v) is 11.4. The van der Waals surface area contributed by atoms with Gasteiger partial charge in [0.1, 0.15) is 13.2 Å². The van der Waals surface area contributed by atoms with Crippen LogP contribution in [-0.2, 0) is 18.4 Å². The van der Waals surface area contributed by atoms with E-state index in [0.717, 1.165) is 83.5 Å². The minimum Gasteiger partial charge on any atom is -0.387 e. The lowest BCUT2D eigenvalue weighted by molar-refractivity contribution is -0.870. The molecular weight excluding hydrogens is 1080 g/mol. The predicted octanol–water partition coefficient (Wildman–Crippen LogP) is 23.7. The number of carbonyl (C=O) groups is 1. The summed E-state index contributed by atoms with van der Waals surface area (Å²) in [4.78, 5) is 23.4. The topological polar surface area (TPSA) is 105 Å². The van der Waals surface area contributed by atoms with Crippen LogP contribution in [0.4, 0.5) is 0 Å². The standard InChI is InChI=1S/C77H141N2O6P/c1-6-8-10-12-14-16-18-20-22-24-26-28-30-31-32-33-34-35-36-37-38-39-40-41-42-43-44-45-46-47-49-51-53-55-57-59-61-63-65-67-69-71-77(81)78-75(74-85-86(82,83)84-73-72-79(3,4)5)76(80)70-68-66-64-62-60-58-56-54-52-50-48-29-27-25-23-21-19-17-15-13-11-9-7-2/h8,10,14,16,20,22,26,28,31-32,34-35,37-38,68,70,75-76,80H,6-7,9,11-13,15,17-19,21,23-25,27,29-30,33,36,39-67,69,71-74H2,1-5H3,(H-,78,81,82,83)/p+1/b10-8-,16-14-,22-20-,28-26-,32-31-,35-34-,38-37-,70-68+. The molecule has 0 saturated heterocycles. The van der Waals surface area contributed by atoms with Crippen molar-refractivity contribution in [3.8, 4) is 0 Å². The average Bonchev–Trinajstić information content (AvgIpc) is 3.70. The molecule has 9 heteroatoms. The monoisotopic (exact) mass is 1220 g/mol. The largest absolute Gasteiger partial charge is 0.472 e. The van der Waals surface area contributed by atoms with Crippen molar-refractivity contribution >= 4 is 13.7 Å². The van der Waals surface area contributed by atoms with E-state index in [-0.39, 0.29) is 19.1 Å². The fraction of sp³-hybridized carbons (Fsp3) is 0.779. The van der Waals surface area contributed by atoms with Crippen LogP contribution in [0.1, 0.15) is 335 Å². The molecule has 1 amide bonds. The second kappa shape index (κ2) is 66.8. The van der Waals surface area contributed by atoms with Crippen LogP contribution in [0, 0.1) is 0 Å². The molecule has 0 aliphatic carbocycles. The van der Waals surface area contributed by atoms with Gasteiger partial charge >= 0.3 is 7.82 Å². The molecule has 0 saturated carbocycles. The number of aliphatic hydroxyl groups excluding tert-OH is 1. The Labute approximate surface area is 534 Å². The number of phosphoric acid groups is 1. The third-order valence-corrected chi connectivity index (χ3v) is 17.3. The highest BCUT2D eigenvalue weighted by atomic mass is 31.2. The van der Waals surface area contributed by atoms with Crippen molar-refractivity contribution in [2.75, 3.05) is 40.9 Å². The van der Waals surface area contributed by atoms with Gasteiger partial charge in [-0.1, -0.05) is 349 Å². The predicted molar refractivity (Wildman–Crippen MR) is 378 cm³/mol. The number of nitrogens with one attached hydrogen (secondary N) is 1. The van der Waals surface area contributed by atoms with Gasteiger partial charge in [0.15, 0.2) is 0 Å². The van der Waals surface area contributed by atoms with E-state index >= 15 is 0 Å². The second-order valence-corrected chi connectivity index (χ2v) is 27.4. The summed E-state index contributed by atoms with van der Waals surface area (Å²) in [7, 11) is 1.58. The molecule has 3 atom stereocenters. The zero-order valence-corrected chi connectivity index (χ0v) is 58.2. The third-order valence-electron chi connectivity index (χ3n) is 16.3. The third kappa shape index (κ3) is 68.9. The average molecular weight is 1220 g/mol. The molecule has 0 heterocycles. The van der Waals surface area contributed by atoms with Crippen LogP contribution < -0.4 is 5.32 Å². The van der Waals surface area contributed by atoms with Gasteiger partial charge in [-0.3, -0.25) is 13.8 Å². The van der Waals surface area contributed by atoms with Crippen LogP contribution in [-0.4, -0.2) is 73.4 Å². The van der Waals surface area contributed by atoms with Gasteiger partial charge in [0.2, 0.25) is 5.91 Å². The number of carbonyl (C=O) groups excluding carboxylic acids is 1. The van der Waals surface area contributed by atoms with E-state index in [9.17, 15) is 19.4 Å². The molecule has 0 radical (unpaired) electrons. The van der Waals surface area contributed by atoms with Gasteiger partial charge in [-0.15, -0.1) is 0 Å². The van der Waals surface area contributed by atoms with Crippen molar-refractivity contribution < 1.29 is 32.9 Å². The Kier molecular flexibility index (Phi) is 64.8. The van der Waals surface area contributed by atoms with Gasteiger partial charge in [-0.05, 0) is 77.0 Å². The number of aliphatic hydroxyl groups is 1. The van der Waals surface area contributed by atoms with Crippen molar-refractivity contribution in [3.63, 3.8) is 0 Å². The van der Waals surface area contributed by atoms with Crippen LogP contribution >= 0.6 is 7.82 Å². The summed E-state index contributed by atoms with van der Waals surface area (Å²) in [6.45, 7) is 4.74. The van der Waals surface area contributed by atoms with Gasteiger partial charge in [0, 0.05) is 6.42 Å². The second-order valence-electron chi connectivity index (χ2n) is 25.9. The van der Waals surface area contributed by atoms with E-state index in [0.29, 0.717) is 17.4 Å². The van der Waals surface area contributed by atoms with Crippen LogP contribution in [0.25, 0.3) is 0 Å². The molecule has 0 fully saturated rings. The van der Waals surface area contributed by atoms with Crippen molar-refractivity contribution in [2.24, 2.45) is 0 Å². The SMILES string of the molecule is CC/C=C\C/C=C\C/C=C\C/C=C\C/C=C\C/C=C\C/C=C\CCCCCCCCCCCCCCCCCCCCCC(=O)NC(COP(=O)(O)OCC[N+](C)(C)C)C(O)/C=C/CCCCCCCCCCCCCCCCCCCCCCC. The van der Waals surface area contributed by atoms with Gasteiger partial charge in [0.25, 0.3) is 0 Å². The Morgan fingerprint density at radius 3 is 1.02 bits per heavy atom. The summed E-state index contributed by atoms with van der Waals surface area (Å²) in [6, 6.07) is -0.850. The number of rotatable bonds is 67. The number of hydrogen-bond acceptors (Lipinski definition) is 5. The fourth-order valence-electron chi connectivity index (χ4n) is 10.7. The number of nitrogens with zero attached hydrogens (tertiary/aromatic N) is 1. The maximum absolute atomic E-state index is 13.1. The van der Waals surface area contributed by atoms with Gasteiger partial charge in [0.05, 0.1) is 39.9 Å². The van der Waals surface area contributed by atoms with Crippen molar-refractivity contribution in [3.05, 3.63) is 97.2 Å². The minimum atomic E-state index is -4.36. The number of unbranched alkanes of at least 4 members (excludes halogenated alkanes) is 40. The molecule has 0 aliphatic heterocycles. The molecule has 0 aromatic heterocycles. The van der Waals surface area contributed by atoms with Crippen LogP contribution in [0.15, 0.2) is 97.2 Å². The number of phosphoric ester groups is 1. The molecule has 0 bridgehead atoms. The molecular formula is C77H142N2O6P+. The number of hydrogen-bond donors (Lipinski definition) is 3. The summed E-state index contributed by atoms with van der Waals surface area (Å²) in [5.41, 5.74) is 0. The van der Waals surface area contributed by atoms with Gasteiger partial charge in [-0.2, -0.15) is 0 Å². The number of quaternary nitrogens is 1. The van der Waals surface area contributed by atoms with E-state index in [1.807, 2.05) is 27.2 Å². The highest BCUT2D eigenvalue weighted by molar-refractivity contribution is 7.47. The van der Waals surface area contributed by atoms with Crippen molar-refractivity contribution in [2.45, 2.75) is 347 Å². The molecule has 0 aromatic carbocycles. The summed E-state index contributed by atoms with van der Waals surface area (Å²) < 4.78 is 23.8. The quantitative estimate of drug-likeness (QED) is 0.0243. The summed E-state index contributed by atoms with van der Waals surface area (Å²) in [5, 5.41) is 14.0. The Bertz CT molecular complexity index is 1730. The van der Waals surface area contributed by atoms with E-state index < -0.39 is 20.0 Å². The summed E-state index contributed by atoms with van der Waals surface area (Å²) in [5.74, 6) is -0.173. The lowest BCUT2D eigenvalue weighted by Crippen LogP contribution is -2.45. The number of amides is 1. The zero-order valence-electron chi connectivity index (χ0n) is 57.3. The maximum Gasteiger partial charge on any atom is 0.472 e. The van der Waals surface area contributed by atoms with Crippen LogP contribution in [0.2, 0.25) is 0 Å². The first-order valence-corrected chi connectivity index (χ1v) is 38.1. The molecule has 0 aromatic rings. The molecule has 500 valence electrons. The smallest absolute Gasteiger partial charge is 0.387 e. The van der Waals surface area contributed by atoms with E-state index in [1.165, 1.54) is 231 Å². The Balaban J connectivity index is 3.99. The number of allylic oxidation sites excluding steroid dienone is 15. The number of likely N-dealkylation sites (N-methyl/N-ethyl adjacent to an activating group) is 1. The minimum absolute atomic E-state index is 0.0607. The summed E-state index contributed by atoms with van der Waals surface area (Å²) >= 11 is 0. The van der Waals surface area contributed by atoms with Gasteiger partial charge < -0.3 is 19.8 Å². The van der Waals surface area contributed by atoms with Crippen molar-refractivity contribution in [1.82, 2.24) is 5.32 Å². The molecule has 3 N–H and O–H groups in total. The Morgan fingerprint density at radius 2 is 0.698 bits per heavy atom. The Morgan fingerprint density at radius 1 is 0.407 bits per heavy atom. The Hall–Kier alpha value is -2.58. The van der Waals surface area contributed by atoms with E-state index in [4.69, 9.17) is 9.05 Å². The van der Waals surface area contributed by atoms with E-state index in [1.54, 1.807) is 6.08 Å². The van der Waals surface area contributed by atoms with Crippen molar-refractivity contribution in [1.29, 1.82) is 0 Å². The van der Waals surface area contributed by atoms with Crippen LogP contribution in [0.5, 0.6) is 0 Å². The molecule has 0 spiro atoms.